The highest BCUT2D eigenvalue weighted by Gasteiger charge is 2.46. The van der Waals surface area contributed by atoms with E-state index in [1.807, 2.05) is 37.4 Å². The molecule has 1 aliphatic rings. The van der Waals surface area contributed by atoms with Crippen molar-refractivity contribution in [2.75, 3.05) is 13.6 Å². The fourth-order valence-corrected chi connectivity index (χ4v) is 3.34. The van der Waals surface area contributed by atoms with E-state index in [0.717, 1.165) is 17.7 Å². The molecule has 3 nitrogen and oxygen atoms in total. The third kappa shape index (κ3) is 2.62. The summed E-state index contributed by atoms with van der Waals surface area (Å²) in [7, 11) is 1.86. The second kappa shape index (κ2) is 6.11. The van der Waals surface area contributed by atoms with Crippen molar-refractivity contribution in [2.45, 2.75) is 31.5 Å². The van der Waals surface area contributed by atoms with Crippen LogP contribution >= 0.6 is 0 Å². The molecular formula is C19H23NO2. The van der Waals surface area contributed by atoms with Crippen molar-refractivity contribution in [3.8, 4) is 5.75 Å². The Morgan fingerprint density at radius 2 is 1.91 bits per heavy atom. The maximum atomic E-state index is 11.1. The first-order chi connectivity index (χ1) is 10.7. The predicted octanol–water partition coefficient (Wildman–Crippen LogP) is 2.88. The van der Waals surface area contributed by atoms with Crippen LogP contribution in [0.15, 0.2) is 48.5 Å². The molecule has 0 spiro atoms. The average molecular weight is 297 g/mol. The molecule has 0 saturated carbocycles. The molecule has 1 aliphatic carbocycles. The van der Waals surface area contributed by atoms with Crippen LogP contribution in [0.5, 0.6) is 5.75 Å². The number of aryl methyl sites for hydroxylation is 1. The van der Waals surface area contributed by atoms with Gasteiger partial charge in [-0.3, -0.25) is 0 Å². The molecular weight excluding hydrogens is 274 g/mol. The molecule has 116 valence electrons. The molecule has 2 N–H and O–H groups in total. The molecule has 0 heterocycles. The molecule has 0 aliphatic heterocycles. The van der Waals surface area contributed by atoms with Crippen LogP contribution in [0, 0.1) is 0 Å². The lowest BCUT2D eigenvalue weighted by Gasteiger charge is -2.31. The summed E-state index contributed by atoms with van der Waals surface area (Å²) in [5.41, 5.74) is 2.50. The van der Waals surface area contributed by atoms with Gasteiger partial charge < -0.3 is 15.2 Å². The quantitative estimate of drug-likeness (QED) is 0.891. The summed E-state index contributed by atoms with van der Waals surface area (Å²) in [4.78, 5) is 0. The largest absolute Gasteiger partial charge is 0.482 e. The summed E-state index contributed by atoms with van der Waals surface area (Å²) in [6, 6.07) is 16.2. The van der Waals surface area contributed by atoms with Gasteiger partial charge in [0.25, 0.3) is 0 Å². The second-order valence-electron chi connectivity index (χ2n) is 5.97. The number of para-hydroxylation sites is 1. The smallest absolute Gasteiger partial charge is 0.154 e. The van der Waals surface area contributed by atoms with Crippen LogP contribution in [0.2, 0.25) is 0 Å². The van der Waals surface area contributed by atoms with Crippen molar-refractivity contribution >= 4 is 0 Å². The van der Waals surface area contributed by atoms with E-state index < -0.39 is 5.60 Å². The third-order valence-corrected chi connectivity index (χ3v) is 4.40. The maximum Gasteiger partial charge on any atom is 0.154 e. The van der Waals surface area contributed by atoms with Gasteiger partial charge in [0.05, 0.1) is 0 Å². The molecule has 2 aromatic carbocycles. The number of fused-ring (bicyclic) bond motifs is 1. The Kier molecular flexibility index (Phi) is 4.19. The number of ether oxygens (including phenoxy) is 1. The molecule has 3 rings (SSSR count). The Labute approximate surface area is 131 Å². The summed E-state index contributed by atoms with van der Waals surface area (Å²) in [6.45, 7) is 2.62. The first-order valence-corrected chi connectivity index (χ1v) is 7.87. The molecule has 0 bridgehead atoms. The lowest BCUT2D eigenvalue weighted by atomic mass is 9.97. The summed E-state index contributed by atoms with van der Waals surface area (Å²) in [5.74, 6) is 0.862. The molecule has 2 aromatic rings. The molecule has 0 unspecified atom stereocenters. The van der Waals surface area contributed by atoms with Crippen LogP contribution in [0.1, 0.15) is 29.7 Å². The first kappa shape index (κ1) is 15.1. The summed E-state index contributed by atoms with van der Waals surface area (Å²) >= 11 is 0. The third-order valence-electron chi connectivity index (χ3n) is 4.40. The van der Waals surface area contributed by atoms with E-state index in [0.29, 0.717) is 13.0 Å². The Morgan fingerprint density at radius 1 is 1.18 bits per heavy atom. The number of rotatable bonds is 5. The number of benzene rings is 2. The van der Waals surface area contributed by atoms with E-state index in [1.54, 1.807) is 0 Å². The van der Waals surface area contributed by atoms with Gasteiger partial charge in [0.2, 0.25) is 0 Å². The zero-order valence-corrected chi connectivity index (χ0v) is 13.2. The van der Waals surface area contributed by atoms with E-state index in [2.05, 4.69) is 30.4 Å². The lowest BCUT2D eigenvalue weighted by Crippen LogP contribution is -2.45. The molecule has 22 heavy (non-hydrogen) atoms. The first-order valence-electron chi connectivity index (χ1n) is 7.87. The van der Waals surface area contributed by atoms with Gasteiger partial charge in [-0.25, -0.2) is 0 Å². The summed E-state index contributed by atoms with van der Waals surface area (Å²) in [6.07, 6.45) is 1.18. The number of nitrogens with one attached hydrogen (secondary N) is 1. The van der Waals surface area contributed by atoms with Crippen LogP contribution in [0.3, 0.4) is 0 Å². The van der Waals surface area contributed by atoms with E-state index in [9.17, 15) is 5.11 Å². The minimum atomic E-state index is -0.917. The highest BCUT2D eigenvalue weighted by molar-refractivity contribution is 5.41. The monoisotopic (exact) mass is 297 g/mol. The van der Waals surface area contributed by atoms with Crippen LogP contribution in [-0.4, -0.2) is 24.3 Å². The number of likely N-dealkylation sites (N-methyl/N-ethyl adjacent to an activating group) is 1. The molecule has 0 radical (unpaired) electrons. The molecule has 2 atom stereocenters. The second-order valence-corrected chi connectivity index (χ2v) is 5.97. The van der Waals surface area contributed by atoms with Gasteiger partial charge in [0.15, 0.2) is 6.10 Å². The minimum absolute atomic E-state index is 0.344. The van der Waals surface area contributed by atoms with Crippen LogP contribution in [0.25, 0.3) is 0 Å². The van der Waals surface area contributed by atoms with Crippen molar-refractivity contribution in [2.24, 2.45) is 0 Å². The Morgan fingerprint density at radius 3 is 2.68 bits per heavy atom. The van der Waals surface area contributed by atoms with Crippen LogP contribution in [-0.2, 0) is 12.8 Å². The van der Waals surface area contributed by atoms with Gasteiger partial charge >= 0.3 is 0 Å². The highest BCUT2D eigenvalue weighted by Crippen LogP contribution is 2.42. The number of hydrogen-bond donors (Lipinski definition) is 2. The van der Waals surface area contributed by atoms with Crippen molar-refractivity contribution in [3.05, 3.63) is 65.2 Å². The van der Waals surface area contributed by atoms with Crippen LogP contribution < -0.4 is 10.1 Å². The van der Waals surface area contributed by atoms with Gasteiger partial charge in [0, 0.05) is 13.0 Å². The van der Waals surface area contributed by atoms with E-state index in [-0.39, 0.29) is 6.10 Å². The summed E-state index contributed by atoms with van der Waals surface area (Å²) in [5, 5.41) is 14.2. The number of aliphatic hydroxyl groups is 1. The average Bonchev–Trinajstić information content (AvgIpc) is 2.80. The normalized spacial score (nSPS) is 23.3. The van der Waals surface area contributed by atoms with Gasteiger partial charge in [-0.1, -0.05) is 49.4 Å². The standard InChI is InChI=1S/C19H23NO2/c1-3-14-8-5-7-11-17(14)22-18-16-10-6-4-9-15(16)12-19(18,21)13-20-2/h4-11,18,20-21H,3,12-13H2,1-2H3/t18-,19+/m1/s1. The van der Waals surface area contributed by atoms with Gasteiger partial charge in [-0.2, -0.15) is 0 Å². The fraction of sp³-hybridized carbons (Fsp3) is 0.368. The molecule has 3 heteroatoms. The zero-order valence-electron chi connectivity index (χ0n) is 13.2. The van der Waals surface area contributed by atoms with Crippen molar-refractivity contribution in [1.82, 2.24) is 5.32 Å². The van der Waals surface area contributed by atoms with Crippen molar-refractivity contribution in [1.29, 1.82) is 0 Å². The number of hydrogen-bond acceptors (Lipinski definition) is 3. The zero-order chi connectivity index (χ0) is 15.6. The Hall–Kier alpha value is -1.84. The van der Waals surface area contributed by atoms with E-state index >= 15 is 0 Å². The van der Waals surface area contributed by atoms with E-state index in [1.165, 1.54) is 11.1 Å². The molecule has 0 saturated heterocycles. The molecule has 0 fully saturated rings. The maximum absolute atomic E-state index is 11.1. The van der Waals surface area contributed by atoms with Gasteiger partial charge in [0.1, 0.15) is 11.4 Å². The minimum Gasteiger partial charge on any atom is -0.482 e. The summed E-state index contributed by atoms with van der Waals surface area (Å²) < 4.78 is 6.30. The van der Waals surface area contributed by atoms with Gasteiger partial charge in [-0.05, 0) is 36.2 Å². The van der Waals surface area contributed by atoms with Crippen LogP contribution in [0.4, 0.5) is 0 Å². The van der Waals surface area contributed by atoms with Crippen molar-refractivity contribution in [3.63, 3.8) is 0 Å². The lowest BCUT2D eigenvalue weighted by molar-refractivity contribution is -0.0487. The topological polar surface area (TPSA) is 41.5 Å². The highest BCUT2D eigenvalue weighted by atomic mass is 16.5. The predicted molar refractivity (Wildman–Crippen MR) is 88.2 cm³/mol. The Bertz CT molecular complexity index is 655. The molecule has 0 amide bonds. The Balaban J connectivity index is 1.98. The van der Waals surface area contributed by atoms with E-state index in [4.69, 9.17) is 4.74 Å². The SMILES string of the molecule is CCc1ccccc1O[C@@H]1c2ccccc2C[C@]1(O)CNC. The fourth-order valence-electron chi connectivity index (χ4n) is 3.34. The van der Waals surface area contributed by atoms with Crippen molar-refractivity contribution < 1.29 is 9.84 Å². The van der Waals surface area contributed by atoms with Gasteiger partial charge in [-0.15, -0.1) is 0 Å². The molecule has 0 aromatic heterocycles.